The molecule has 0 aliphatic heterocycles. The summed E-state index contributed by atoms with van der Waals surface area (Å²) in [5.74, 6) is 0.0928. The van der Waals surface area contributed by atoms with Crippen LogP contribution in [0.2, 0.25) is 0 Å². The number of carbonyl (C=O) groups is 1. The monoisotopic (exact) mass is 366 g/mol. The van der Waals surface area contributed by atoms with Crippen LogP contribution in [0.5, 0.6) is 0 Å². The van der Waals surface area contributed by atoms with E-state index in [1.165, 1.54) is 0 Å². The number of benzene rings is 1. The predicted molar refractivity (Wildman–Crippen MR) is 111 cm³/mol. The number of Topliss-reactive ketones (excluding diaryl/α,β-unsaturated/α-hetero) is 1. The molecule has 0 amide bonds. The Morgan fingerprint density at radius 1 is 1.15 bits per heavy atom. The van der Waals surface area contributed by atoms with Gasteiger partial charge in [-0.1, -0.05) is 29.8 Å². The summed E-state index contributed by atoms with van der Waals surface area (Å²) in [6, 6.07) is 10.1. The molecule has 2 aromatic rings. The number of rotatable bonds is 3. The molecule has 1 aliphatic rings. The van der Waals surface area contributed by atoms with Crippen molar-refractivity contribution >= 4 is 12.0 Å². The van der Waals surface area contributed by atoms with Crippen molar-refractivity contribution in [3.8, 4) is 5.69 Å². The van der Waals surface area contributed by atoms with E-state index in [0.717, 1.165) is 40.2 Å². The lowest BCUT2D eigenvalue weighted by Gasteiger charge is -2.09. The first-order chi connectivity index (χ1) is 12.9. The average Bonchev–Trinajstić information content (AvgIpc) is 2.87. The van der Waals surface area contributed by atoms with Crippen LogP contribution in [0.3, 0.4) is 0 Å². The Morgan fingerprint density at radius 3 is 2.30 bits per heavy atom. The molecular weight excluding hydrogens is 339 g/mol. The minimum atomic E-state index is 0.0185. The Kier molecular flexibility index (Phi) is 7.05. The van der Waals surface area contributed by atoms with Crippen LogP contribution >= 0.6 is 0 Å². The molecule has 0 N–H and O–H groups in total. The summed E-state index contributed by atoms with van der Waals surface area (Å²) in [6.45, 7) is 7.51. The van der Waals surface area contributed by atoms with Gasteiger partial charge in [-0.15, -0.1) is 0 Å². The number of ketones is 1. The van der Waals surface area contributed by atoms with Crippen LogP contribution in [-0.2, 0) is 0 Å². The van der Waals surface area contributed by atoms with Crippen molar-refractivity contribution in [2.75, 3.05) is 7.05 Å². The highest BCUT2D eigenvalue weighted by Gasteiger charge is 2.19. The number of aliphatic imine (C=N–C) groups is 1. The van der Waals surface area contributed by atoms with Gasteiger partial charge in [0.25, 0.3) is 0 Å². The molecule has 3 rings (SSSR count). The second-order valence-electron chi connectivity index (χ2n) is 6.65. The van der Waals surface area contributed by atoms with Gasteiger partial charge in [0, 0.05) is 47.9 Å². The maximum absolute atomic E-state index is 12.3. The SMILES string of the molecule is CC1=CCCC(F)=C1.CN=Cc1c(C(C)=O)c(C)n(-c2ccccc2)c1C. The van der Waals surface area contributed by atoms with Crippen molar-refractivity contribution in [3.05, 3.63) is 76.4 Å². The molecular formula is C23H27FN2O. The first-order valence-corrected chi connectivity index (χ1v) is 9.10. The van der Waals surface area contributed by atoms with E-state index in [9.17, 15) is 9.18 Å². The molecule has 1 aromatic heterocycles. The van der Waals surface area contributed by atoms with E-state index in [-0.39, 0.29) is 11.6 Å². The normalized spacial score (nSPS) is 13.7. The molecule has 0 fully saturated rings. The van der Waals surface area contributed by atoms with Crippen molar-refractivity contribution in [1.29, 1.82) is 0 Å². The number of hydrogen-bond donors (Lipinski definition) is 0. The van der Waals surface area contributed by atoms with Gasteiger partial charge in [-0.25, -0.2) is 4.39 Å². The fraction of sp³-hybridized carbons (Fsp3) is 0.304. The van der Waals surface area contributed by atoms with Gasteiger partial charge in [0.05, 0.1) is 0 Å². The molecule has 0 atom stereocenters. The first kappa shape index (κ1) is 20.6. The van der Waals surface area contributed by atoms with Gasteiger partial charge in [-0.05, 0) is 52.3 Å². The zero-order chi connectivity index (χ0) is 20.0. The van der Waals surface area contributed by atoms with Crippen molar-refractivity contribution in [3.63, 3.8) is 0 Å². The number of nitrogens with zero attached hydrogens (tertiary/aromatic N) is 2. The highest BCUT2D eigenvalue weighted by Crippen LogP contribution is 2.25. The van der Waals surface area contributed by atoms with Crippen molar-refractivity contribution in [2.45, 2.75) is 40.5 Å². The van der Waals surface area contributed by atoms with Crippen LogP contribution in [0.25, 0.3) is 5.69 Å². The Hall–Kier alpha value is -2.75. The van der Waals surface area contributed by atoms with E-state index < -0.39 is 0 Å². The topological polar surface area (TPSA) is 34.4 Å². The first-order valence-electron chi connectivity index (χ1n) is 9.10. The molecule has 0 radical (unpaired) electrons. The average molecular weight is 366 g/mol. The highest BCUT2D eigenvalue weighted by atomic mass is 19.1. The second-order valence-corrected chi connectivity index (χ2v) is 6.65. The summed E-state index contributed by atoms with van der Waals surface area (Å²) in [5.41, 5.74) is 5.79. The summed E-state index contributed by atoms with van der Waals surface area (Å²) in [5, 5.41) is 0. The number of aromatic nitrogens is 1. The van der Waals surface area contributed by atoms with Crippen LogP contribution < -0.4 is 0 Å². The van der Waals surface area contributed by atoms with Crippen LogP contribution in [0.1, 0.15) is 54.0 Å². The van der Waals surface area contributed by atoms with Gasteiger partial charge < -0.3 is 4.57 Å². The van der Waals surface area contributed by atoms with Gasteiger partial charge in [0.15, 0.2) is 5.78 Å². The molecule has 27 heavy (non-hydrogen) atoms. The Labute approximate surface area is 160 Å². The number of halogens is 1. The van der Waals surface area contributed by atoms with Gasteiger partial charge in [0.1, 0.15) is 5.83 Å². The molecule has 0 bridgehead atoms. The number of allylic oxidation sites excluding steroid dienone is 4. The number of carbonyl (C=O) groups excluding carboxylic acids is 1. The molecule has 0 saturated carbocycles. The fourth-order valence-corrected chi connectivity index (χ4v) is 3.37. The van der Waals surface area contributed by atoms with E-state index in [2.05, 4.69) is 9.56 Å². The quantitative estimate of drug-likeness (QED) is 0.490. The van der Waals surface area contributed by atoms with E-state index in [0.29, 0.717) is 6.42 Å². The smallest absolute Gasteiger partial charge is 0.162 e. The van der Waals surface area contributed by atoms with E-state index in [1.807, 2.05) is 57.2 Å². The van der Waals surface area contributed by atoms with E-state index in [4.69, 9.17) is 0 Å². The van der Waals surface area contributed by atoms with Crippen LogP contribution in [0.15, 0.2) is 58.9 Å². The predicted octanol–water partition coefficient (Wildman–Crippen LogP) is 5.93. The molecule has 1 aromatic carbocycles. The fourth-order valence-electron chi connectivity index (χ4n) is 3.37. The third-order valence-corrected chi connectivity index (χ3v) is 4.55. The Morgan fingerprint density at radius 2 is 1.81 bits per heavy atom. The molecule has 0 spiro atoms. The third-order valence-electron chi connectivity index (χ3n) is 4.55. The van der Waals surface area contributed by atoms with Gasteiger partial charge >= 0.3 is 0 Å². The number of para-hydroxylation sites is 1. The molecule has 4 heteroatoms. The molecule has 1 heterocycles. The highest BCUT2D eigenvalue weighted by molar-refractivity contribution is 6.04. The largest absolute Gasteiger partial charge is 0.317 e. The van der Waals surface area contributed by atoms with Gasteiger partial charge in [0.2, 0.25) is 0 Å². The zero-order valence-corrected chi connectivity index (χ0v) is 16.7. The molecule has 0 saturated heterocycles. The van der Waals surface area contributed by atoms with Crippen LogP contribution in [0, 0.1) is 13.8 Å². The molecule has 0 unspecified atom stereocenters. The minimum Gasteiger partial charge on any atom is -0.317 e. The summed E-state index contributed by atoms with van der Waals surface area (Å²) in [7, 11) is 1.72. The lowest BCUT2D eigenvalue weighted by Crippen LogP contribution is -2.00. The van der Waals surface area contributed by atoms with Crippen molar-refractivity contribution in [2.24, 2.45) is 4.99 Å². The minimum absolute atomic E-state index is 0.0185. The Bertz CT molecular complexity index is 902. The lowest BCUT2D eigenvalue weighted by atomic mass is 10.1. The van der Waals surface area contributed by atoms with Crippen molar-refractivity contribution < 1.29 is 9.18 Å². The van der Waals surface area contributed by atoms with Crippen LogP contribution in [0.4, 0.5) is 4.39 Å². The summed E-state index contributed by atoms with van der Waals surface area (Å²) in [6.07, 6.45) is 6.86. The maximum Gasteiger partial charge on any atom is 0.162 e. The molecule has 1 aliphatic carbocycles. The third kappa shape index (κ3) is 4.91. The van der Waals surface area contributed by atoms with E-state index >= 15 is 0 Å². The lowest BCUT2D eigenvalue weighted by molar-refractivity contribution is 0.101. The zero-order valence-electron chi connectivity index (χ0n) is 16.7. The molecule has 3 nitrogen and oxygen atoms in total. The van der Waals surface area contributed by atoms with Gasteiger partial charge in [-0.3, -0.25) is 9.79 Å². The summed E-state index contributed by atoms with van der Waals surface area (Å²) < 4.78 is 14.4. The summed E-state index contributed by atoms with van der Waals surface area (Å²) >= 11 is 0. The second kappa shape index (κ2) is 9.26. The standard InChI is InChI=1S/C16H18N2O.C7H9F/c1-11-15(10-17-4)16(13(3)19)12(2)18(11)14-8-6-5-7-9-14;1-6-3-2-4-7(8)5-6/h5-10H,1-4H3;3,5H,2,4H2,1H3. The molecule has 142 valence electrons. The Balaban J connectivity index is 0.000000273. The van der Waals surface area contributed by atoms with Gasteiger partial charge in [-0.2, -0.15) is 0 Å². The van der Waals surface area contributed by atoms with Crippen molar-refractivity contribution in [1.82, 2.24) is 4.57 Å². The van der Waals surface area contributed by atoms with E-state index in [1.54, 1.807) is 26.3 Å². The van der Waals surface area contributed by atoms with Crippen LogP contribution in [-0.4, -0.2) is 23.6 Å². The maximum atomic E-state index is 12.3. The summed E-state index contributed by atoms with van der Waals surface area (Å²) in [4.78, 5) is 16.0. The number of hydrogen-bond acceptors (Lipinski definition) is 2.